The van der Waals surface area contributed by atoms with E-state index in [0.29, 0.717) is 11.6 Å². The van der Waals surface area contributed by atoms with E-state index in [9.17, 15) is 5.11 Å². The van der Waals surface area contributed by atoms with Gasteiger partial charge in [0, 0.05) is 17.7 Å². The Hall–Kier alpha value is -1.85. The Bertz CT molecular complexity index is 655. The molecule has 0 bridgehead atoms. The predicted octanol–water partition coefficient (Wildman–Crippen LogP) is 3.08. The fourth-order valence-corrected chi connectivity index (χ4v) is 2.32. The first-order valence-corrected chi connectivity index (χ1v) is 6.94. The van der Waals surface area contributed by atoms with Crippen molar-refractivity contribution in [1.82, 2.24) is 4.98 Å². The highest BCUT2D eigenvalue weighted by Crippen LogP contribution is 2.33. The minimum absolute atomic E-state index is 0.612. The van der Waals surface area contributed by atoms with Crippen molar-refractivity contribution in [1.29, 1.82) is 0 Å². The normalized spacial score (nSPS) is 19.6. The Kier molecular flexibility index (Phi) is 3.46. The number of aliphatic hydroxyl groups is 1. The molecular formula is C15H13BrN2O2. The summed E-state index contributed by atoms with van der Waals surface area (Å²) in [5.41, 5.74) is 1.86. The van der Waals surface area contributed by atoms with E-state index in [2.05, 4.69) is 20.9 Å². The molecule has 4 nitrogen and oxygen atoms in total. The quantitative estimate of drug-likeness (QED) is 0.871. The highest BCUT2D eigenvalue weighted by Gasteiger charge is 2.27. The van der Waals surface area contributed by atoms with Crippen molar-refractivity contribution >= 4 is 33.6 Å². The van der Waals surface area contributed by atoms with Crippen molar-refractivity contribution in [2.75, 3.05) is 11.9 Å². The molecule has 0 saturated heterocycles. The molecule has 20 heavy (non-hydrogen) atoms. The topological polar surface area (TPSA) is 45.6 Å². The van der Waals surface area contributed by atoms with Crippen LogP contribution in [0.1, 0.15) is 11.1 Å². The Morgan fingerprint density at radius 3 is 2.80 bits per heavy atom. The highest BCUT2D eigenvalue weighted by atomic mass is 79.9. The van der Waals surface area contributed by atoms with Gasteiger partial charge in [-0.25, -0.2) is 4.98 Å². The number of anilines is 1. The third kappa shape index (κ3) is 2.42. The van der Waals surface area contributed by atoms with Gasteiger partial charge >= 0.3 is 0 Å². The van der Waals surface area contributed by atoms with Crippen LogP contribution in [-0.4, -0.2) is 23.6 Å². The maximum Gasteiger partial charge on any atom is 0.282 e. The van der Waals surface area contributed by atoms with Gasteiger partial charge in [-0.05, 0) is 35.9 Å². The SMILES string of the molecule is CN1c2ncccc2/C(=C/c2ccc(Br)cc2)OC1O. The summed E-state index contributed by atoms with van der Waals surface area (Å²) in [5.74, 6) is 1.32. The molecule has 1 unspecified atom stereocenters. The van der Waals surface area contributed by atoms with Gasteiger partial charge in [0.15, 0.2) is 0 Å². The van der Waals surface area contributed by atoms with Crippen LogP contribution in [0, 0.1) is 0 Å². The largest absolute Gasteiger partial charge is 0.446 e. The van der Waals surface area contributed by atoms with Crippen molar-refractivity contribution in [3.63, 3.8) is 0 Å². The second-order valence-corrected chi connectivity index (χ2v) is 5.41. The summed E-state index contributed by atoms with van der Waals surface area (Å²) in [6, 6.07) is 11.6. The standard InChI is InChI=1S/C15H13BrN2O2/c1-18-14-12(3-2-8-17-14)13(20-15(18)19)9-10-4-6-11(16)7-5-10/h2-9,15,19H,1H3/b13-9-. The molecule has 1 aliphatic heterocycles. The Labute approximate surface area is 125 Å². The summed E-state index contributed by atoms with van der Waals surface area (Å²) < 4.78 is 6.57. The molecule has 1 aromatic carbocycles. The maximum absolute atomic E-state index is 9.93. The van der Waals surface area contributed by atoms with Gasteiger partial charge in [0.05, 0.1) is 5.56 Å². The summed E-state index contributed by atoms with van der Waals surface area (Å²) in [5, 5.41) is 9.93. The van der Waals surface area contributed by atoms with Crippen LogP contribution in [-0.2, 0) is 4.74 Å². The van der Waals surface area contributed by atoms with Gasteiger partial charge in [0.25, 0.3) is 6.41 Å². The molecule has 0 saturated carbocycles. The molecular weight excluding hydrogens is 320 g/mol. The van der Waals surface area contributed by atoms with E-state index >= 15 is 0 Å². The zero-order valence-corrected chi connectivity index (χ0v) is 12.4. The van der Waals surface area contributed by atoms with E-state index < -0.39 is 6.41 Å². The van der Waals surface area contributed by atoms with Crippen molar-refractivity contribution in [2.45, 2.75) is 6.41 Å². The van der Waals surface area contributed by atoms with Crippen LogP contribution in [0.15, 0.2) is 47.1 Å². The van der Waals surface area contributed by atoms with Gasteiger partial charge in [0.2, 0.25) is 0 Å². The monoisotopic (exact) mass is 332 g/mol. The molecule has 1 N–H and O–H groups in total. The average Bonchev–Trinajstić information content (AvgIpc) is 2.47. The van der Waals surface area contributed by atoms with Gasteiger partial charge in [-0.3, -0.25) is 0 Å². The number of fused-ring (bicyclic) bond motifs is 1. The third-order valence-corrected chi connectivity index (χ3v) is 3.65. The molecule has 2 aromatic rings. The molecule has 5 heteroatoms. The van der Waals surface area contributed by atoms with Crippen LogP contribution in [0.4, 0.5) is 5.82 Å². The molecule has 1 aliphatic rings. The molecule has 1 atom stereocenters. The van der Waals surface area contributed by atoms with Crippen molar-refractivity contribution < 1.29 is 9.84 Å². The second kappa shape index (κ2) is 5.26. The molecule has 3 rings (SSSR count). The highest BCUT2D eigenvalue weighted by molar-refractivity contribution is 9.10. The summed E-state index contributed by atoms with van der Waals surface area (Å²) in [7, 11) is 1.74. The Balaban J connectivity index is 2.06. The van der Waals surface area contributed by atoms with Crippen molar-refractivity contribution in [2.24, 2.45) is 0 Å². The van der Waals surface area contributed by atoms with Crippen molar-refractivity contribution in [3.05, 3.63) is 58.2 Å². The molecule has 0 fully saturated rings. The first kappa shape index (κ1) is 13.1. The number of pyridine rings is 1. The van der Waals surface area contributed by atoms with Crippen LogP contribution in [0.3, 0.4) is 0 Å². The van der Waals surface area contributed by atoms with Crippen molar-refractivity contribution in [3.8, 4) is 0 Å². The lowest BCUT2D eigenvalue weighted by Gasteiger charge is -2.32. The number of aliphatic hydroxyl groups excluding tert-OH is 1. The predicted molar refractivity (Wildman–Crippen MR) is 81.7 cm³/mol. The summed E-state index contributed by atoms with van der Waals surface area (Å²) in [6.07, 6.45) is 2.56. The van der Waals surface area contributed by atoms with E-state index in [4.69, 9.17) is 4.74 Å². The fraction of sp³-hybridized carbons (Fsp3) is 0.133. The molecule has 1 aromatic heterocycles. The minimum Gasteiger partial charge on any atom is -0.446 e. The van der Waals surface area contributed by atoms with Crippen LogP contribution >= 0.6 is 15.9 Å². The van der Waals surface area contributed by atoms with Gasteiger partial charge in [0.1, 0.15) is 11.6 Å². The molecule has 102 valence electrons. The van der Waals surface area contributed by atoms with E-state index in [1.807, 2.05) is 42.5 Å². The summed E-state index contributed by atoms with van der Waals surface area (Å²) >= 11 is 3.41. The number of ether oxygens (including phenoxy) is 1. The first-order valence-electron chi connectivity index (χ1n) is 6.15. The van der Waals surface area contributed by atoms with Gasteiger partial charge in [-0.1, -0.05) is 28.1 Å². The van der Waals surface area contributed by atoms with Gasteiger partial charge in [-0.15, -0.1) is 0 Å². The fourth-order valence-electron chi connectivity index (χ4n) is 2.05. The van der Waals surface area contributed by atoms with E-state index in [0.717, 1.165) is 15.6 Å². The lowest BCUT2D eigenvalue weighted by molar-refractivity contribution is -0.0405. The van der Waals surface area contributed by atoms with Crippen LogP contribution in [0.5, 0.6) is 0 Å². The number of hydrogen-bond donors (Lipinski definition) is 1. The zero-order chi connectivity index (χ0) is 14.1. The molecule has 0 radical (unpaired) electrons. The molecule has 2 heterocycles. The number of aromatic nitrogens is 1. The first-order chi connectivity index (χ1) is 9.65. The smallest absolute Gasteiger partial charge is 0.282 e. The second-order valence-electron chi connectivity index (χ2n) is 4.49. The van der Waals surface area contributed by atoms with E-state index in [-0.39, 0.29) is 0 Å². The molecule has 0 spiro atoms. The molecule has 0 aliphatic carbocycles. The Morgan fingerprint density at radius 1 is 1.30 bits per heavy atom. The van der Waals surface area contributed by atoms with E-state index in [1.54, 1.807) is 18.1 Å². The van der Waals surface area contributed by atoms with Crippen LogP contribution in [0.25, 0.3) is 11.8 Å². The van der Waals surface area contributed by atoms with Gasteiger partial charge in [-0.2, -0.15) is 0 Å². The van der Waals surface area contributed by atoms with Gasteiger partial charge < -0.3 is 14.7 Å². The molecule has 0 amide bonds. The third-order valence-electron chi connectivity index (χ3n) is 3.12. The minimum atomic E-state index is -1.03. The average molecular weight is 333 g/mol. The summed E-state index contributed by atoms with van der Waals surface area (Å²) in [6.45, 7) is 0. The van der Waals surface area contributed by atoms with Crippen LogP contribution in [0.2, 0.25) is 0 Å². The number of hydrogen-bond acceptors (Lipinski definition) is 4. The number of nitrogens with zero attached hydrogens (tertiary/aromatic N) is 2. The van der Waals surface area contributed by atoms with E-state index in [1.165, 1.54) is 0 Å². The number of halogens is 1. The van der Waals surface area contributed by atoms with Crippen LogP contribution < -0.4 is 4.90 Å². The number of rotatable bonds is 1. The number of benzene rings is 1. The lowest BCUT2D eigenvalue weighted by atomic mass is 10.1. The zero-order valence-electron chi connectivity index (χ0n) is 10.8. The maximum atomic E-state index is 9.93. The Morgan fingerprint density at radius 2 is 2.05 bits per heavy atom. The summed E-state index contributed by atoms with van der Waals surface area (Å²) in [4.78, 5) is 5.89. The lowest BCUT2D eigenvalue weighted by Crippen LogP contribution is -2.37.